The fraction of sp³-hybridized carbons (Fsp3) is 0.857. The molecule has 2 N–H and O–H groups in total. The van der Waals surface area contributed by atoms with Crippen LogP contribution in [0.3, 0.4) is 0 Å². The quantitative estimate of drug-likeness (QED) is 0.783. The van der Waals surface area contributed by atoms with Gasteiger partial charge in [0.15, 0.2) is 0 Å². The van der Waals surface area contributed by atoms with Crippen LogP contribution in [0.1, 0.15) is 39.5 Å². The Labute approximate surface area is 115 Å². The van der Waals surface area contributed by atoms with E-state index in [9.17, 15) is 9.59 Å². The highest BCUT2D eigenvalue weighted by molar-refractivity contribution is 5.84. The molecule has 5 nitrogen and oxygen atoms in total. The number of nitrogens with zero attached hydrogens (tertiary/aromatic N) is 1. The predicted molar refractivity (Wildman–Crippen MR) is 73.6 cm³/mol. The van der Waals surface area contributed by atoms with E-state index in [4.69, 9.17) is 0 Å². The molecule has 0 bridgehead atoms. The minimum atomic E-state index is -0.0403. The summed E-state index contributed by atoms with van der Waals surface area (Å²) in [5, 5.41) is 6.19. The van der Waals surface area contributed by atoms with Crippen LogP contribution in [-0.4, -0.2) is 48.4 Å². The van der Waals surface area contributed by atoms with Crippen molar-refractivity contribution in [3.63, 3.8) is 0 Å². The van der Waals surface area contributed by atoms with E-state index in [1.807, 2.05) is 18.7 Å². The fourth-order valence-corrected chi connectivity index (χ4v) is 2.91. The molecule has 2 aliphatic rings. The highest BCUT2D eigenvalue weighted by Gasteiger charge is 2.32. The Morgan fingerprint density at radius 1 is 1.26 bits per heavy atom. The number of rotatable bonds is 3. The average molecular weight is 267 g/mol. The van der Waals surface area contributed by atoms with Gasteiger partial charge in [-0.25, -0.2) is 0 Å². The molecule has 108 valence electrons. The molecule has 2 rings (SSSR count). The molecule has 5 heteroatoms. The summed E-state index contributed by atoms with van der Waals surface area (Å²) in [6.07, 6.45) is 3.81. The summed E-state index contributed by atoms with van der Waals surface area (Å²) in [5.74, 6) is 0.230. The summed E-state index contributed by atoms with van der Waals surface area (Å²) >= 11 is 0. The monoisotopic (exact) mass is 267 g/mol. The number of carbonyl (C=O) groups excluding carboxylic acids is 2. The van der Waals surface area contributed by atoms with Gasteiger partial charge in [-0.15, -0.1) is 0 Å². The zero-order valence-corrected chi connectivity index (χ0v) is 11.9. The molecule has 19 heavy (non-hydrogen) atoms. The first kappa shape index (κ1) is 14.3. The van der Waals surface area contributed by atoms with Crippen molar-refractivity contribution >= 4 is 11.8 Å². The molecule has 0 unspecified atom stereocenters. The van der Waals surface area contributed by atoms with Crippen molar-refractivity contribution in [1.29, 1.82) is 0 Å². The smallest absolute Gasteiger partial charge is 0.239 e. The Hall–Kier alpha value is -1.10. The lowest BCUT2D eigenvalue weighted by molar-refractivity contribution is -0.137. The van der Waals surface area contributed by atoms with Gasteiger partial charge in [-0.2, -0.15) is 0 Å². The number of hydrogen-bond donors (Lipinski definition) is 2. The van der Waals surface area contributed by atoms with E-state index in [1.165, 1.54) is 0 Å². The first-order chi connectivity index (χ1) is 9.08. The maximum absolute atomic E-state index is 12.3. The molecule has 0 aromatic heterocycles. The molecule has 0 spiro atoms. The fourth-order valence-electron chi connectivity index (χ4n) is 2.91. The number of carbonyl (C=O) groups is 2. The molecule has 0 radical (unpaired) electrons. The lowest BCUT2D eigenvalue weighted by Gasteiger charge is -2.34. The van der Waals surface area contributed by atoms with Gasteiger partial charge in [0, 0.05) is 19.1 Å². The number of hydrogen-bond acceptors (Lipinski definition) is 3. The van der Waals surface area contributed by atoms with Gasteiger partial charge in [-0.05, 0) is 46.1 Å². The van der Waals surface area contributed by atoms with Crippen molar-refractivity contribution in [2.75, 3.05) is 19.6 Å². The maximum Gasteiger partial charge on any atom is 0.239 e. The Bertz CT molecular complexity index is 338. The average Bonchev–Trinajstić information content (AvgIpc) is 2.91. The number of likely N-dealkylation sites (tertiary alicyclic amines) is 1. The number of nitrogens with one attached hydrogen (secondary N) is 2. The van der Waals surface area contributed by atoms with Gasteiger partial charge in [0.1, 0.15) is 0 Å². The van der Waals surface area contributed by atoms with Crippen molar-refractivity contribution in [2.45, 2.75) is 51.6 Å². The van der Waals surface area contributed by atoms with E-state index in [0.717, 1.165) is 38.8 Å². The van der Waals surface area contributed by atoms with Gasteiger partial charge in [-0.1, -0.05) is 0 Å². The van der Waals surface area contributed by atoms with Crippen LogP contribution >= 0.6 is 0 Å². The summed E-state index contributed by atoms with van der Waals surface area (Å²) in [4.78, 5) is 26.2. The molecule has 2 heterocycles. The summed E-state index contributed by atoms with van der Waals surface area (Å²) in [7, 11) is 0. The minimum absolute atomic E-state index is 0.0214. The van der Waals surface area contributed by atoms with Gasteiger partial charge >= 0.3 is 0 Å². The Morgan fingerprint density at radius 3 is 2.68 bits per heavy atom. The Balaban J connectivity index is 1.89. The first-order valence-electron chi connectivity index (χ1n) is 7.40. The van der Waals surface area contributed by atoms with Crippen molar-refractivity contribution in [2.24, 2.45) is 5.92 Å². The third-order valence-electron chi connectivity index (χ3n) is 3.89. The molecule has 2 fully saturated rings. The standard InChI is InChI=1S/C14H25N3O2/c1-10(2)16-13(18)11-5-4-8-17(9-11)14(19)12-6-3-7-15-12/h10-12,15H,3-9H2,1-2H3,(H,16,18)/t11-,12-/m1/s1. The van der Waals surface area contributed by atoms with Gasteiger partial charge in [0.05, 0.1) is 12.0 Å². The zero-order chi connectivity index (χ0) is 13.8. The lowest BCUT2D eigenvalue weighted by atomic mass is 9.96. The minimum Gasteiger partial charge on any atom is -0.354 e. The van der Waals surface area contributed by atoms with Crippen LogP contribution in [0, 0.1) is 5.92 Å². The molecule has 2 amide bonds. The zero-order valence-electron chi connectivity index (χ0n) is 11.9. The number of piperidine rings is 1. The second-order valence-corrected chi connectivity index (χ2v) is 5.94. The molecular weight excluding hydrogens is 242 g/mol. The van der Waals surface area contributed by atoms with Crippen LogP contribution in [0.5, 0.6) is 0 Å². The van der Waals surface area contributed by atoms with E-state index in [-0.39, 0.29) is 29.8 Å². The normalized spacial score (nSPS) is 27.6. The Morgan fingerprint density at radius 2 is 2.05 bits per heavy atom. The second-order valence-electron chi connectivity index (χ2n) is 5.94. The van der Waals surface area contributed by atoms with Crippen molar-refractivity contribution < 1.29 is 9.59 Å². The molecular formula is C14H25N3O2. The highest BCUT2D eigenvalue weighted by Crippen LogP contribution is 2.19. The third-order valence-corrected chi connectivity index (χ3v) is 3.89. The van der Waals surface area contributed by atoms with E-state index in [2.05, 4.69) is 10.6 Å². The summed E-state index contributed by atoms with van der Waals surface area (Å²) in [6, 6.07) is 0.141. The molecule has 2 saturated heterocycles. The van der Waals surface area contributed by atoms with Gasteiger partial charge in [-0.3, -0.25) is 9.59 Å². The summed E-state index contributed by atoms with van der Waals surface area (Å²) in [6.45, 7) is 6.23. The van der Waals surface area contributed by atoms with Gasteiger partial charge in [0.25, 0.3) is 0 Å². The SMILES string of the molecule is CC(C)NC(=O)[C@@H]1CCCN(C(=O)[C@H]2CCCN2)C1. The summed E-state index contributed by atoms with van der Waals surface area (Å²) < 4.78 is 0. The van der Waals surface area contributed by atoms with Crippen LogP contribution in [0.25, 0.3) is 0 Å². The first-order valence-corrected chi connectivity index (χ1v) is 7.40. The van der Waals surface area contributed by atoms with Crippen molar-refractivity contribution in [3.8, 4) is 0 Å². The van der Waals surface area contributed by atoms with E-state index < -0.39 is 0 Å². The van der Waals surface area contributed by atoms with E-state index >= 15 is 0 Å². The number of amides is 2. The third kappa shape index (κ3) is 3.69. The van der Waals surface area contributed by atoms with E-state index in [1.54, 1.807) is 0 Å². The van der Waals surface area contributed by atoms with Gasteiger partial charge in [0.2, 0.25) is 11.8 Å². The molecule has 2 atom stereocenters. The lowest BCUT2D eigenvalue weighted by Crippen LogP contribution is -2.51. The molecule has 2 aliphatic heterocycles. The molecule has 0 aromatic carbocycles. The van der Waals surface area contributed by atoms with Crippen LogP contribution in [0.15, 0.2) is 0 Å². The van der Waals surface area contributed by atoms with Crippen LogP contribution < -0.4 is 10.6 Å². The topological polar surface area (TPSA) is 61.4 Å². The second kappa shape index (κ2) is 6.37. The largest absolute Gasteiger partial charge is 0.354 e. The molecule has 0 saturated carbocycles. The van der Waals surface area contributed by atoms with Crippen LogP contribution in [0.2, 0.25) is 0 Å². The predicted octanol–water partition coefficient (Wildman–Crippen LogP) is 0.502. The highest BCUT2D eigenvalue weighted by atomic mass is 16.2. The molecule has 0 aromatic rings. The van der Waals surface area contributed by atoms with Crippen LogP contribution in [0.4, 0.5) is 0 Å². The van der Waals surface area contributed by atoms with Gasteiger partial charge < -0.3 is 15.5 Å². The maximum atomic E-state index is 12.3. The Kier molecular flexibility index (Phi) is 4.80. The molecule has 0 aliphatic carbocycles. The summed E-state index contributed by atoms with van der Waals surface area (Å²) in [5.41, 5.74) is 0. The van der Waals surface area contributed by atoms with Crippen molar-refractivity contribution in [1.82, 2.24) is 15.5 Å². The van der Waals surface area contributed by atoms with E-state index in [0.29, 0.717) is 6.54 Å². The van der Waals surface area contributed by atoms with Crippen molar-refractivity contribution in [3.05, 3.63) is 0 Å². The van der Waals surface area contributed by atoms with Crippen LogP contribution in [-0.2, 0) is 9.59 Å².